The van der Waals surface area contributed by atoms with Gasteiger partial charge in [-0.1, -0.05) is 19.1 Å². The number of hydrogen-bond donors (Lipinski definition) is 1. The zero-order valence-electron chi connectivity index (χ0n) is 11.5. The molecule has 0 saturated carbocycles. The van der Waals surface area contributed by atoms with Gasteiger partial charge in [-0.3, -0.25) is 9.59 Å². The molecule has 0 heterocycles. The molecule has 0 aromatic heterocycles. The van der Waals surface area contributed by atoms with Crippen LogP contribution in [-0.2, 0) is 9.59 Å². The van der Waals surface area contributed by atoms with Crippen molar-refractivity contribution in [3.05, 3.63) is 30.1 Å². The van der Waals surface area contributed by atoms with E-state index in [9.17, 15) is 14.0 Å². The molecule has 1 aromatic rings. The Hall–Kier alpha value is -2.11. The maximum absolute atomic E-state index is 13.5. The molecule has 0 fully saturated rings. The number of hydrogen-bond acceptors (Lipinski definition) is 3. The van der Waals surface area contributed by atoms with E-state index in [1.165, 1.54) is 30.1 Å². The lowest BCUT2D eigenvalue weighted by molar-refractivity contribution is -0.140. The SMILES string of the molecule is CCC(Oc1ccccc1F)C(=O)N(C)CCC(=O)O. The van der Waals surface area contributed by atoms with Crippen LogP contribution in [0.4, 0.5) is 4.39 Å². The van der Waals surface area contributed by atoms with Crippen LogP contribution in [0.2, 0.25) is 0 Å². The first-order valence-electron chi connectivity index (χ1n) is 6.33. The van der Waals surface area contributed by atoms with Crippen molar-refractivity contribution in [1.82, 2.24) is 4.90 Å². The van der Waals surface area contributed by atoms with E-state index in [0.29, 0.717) is 6.42 Å². The Morgan fingerprint density at radius 1 is 1.40 bits per heavy atom. The van der Waals surface area contributed by atoms with Crippen molar-refractivity contribution in [3.63, 3.8) is 0 Å². The molecule has 1 atom stereocenters. The minimum atomic E-state index is -0.979. The predicted octanol–water partition coefficient (Wildman–Crippen LogP) is 1.92. The Balaban J connectivity index is 2.68. The molecule has 0 aliphatic rings. The predicted molar refractivity (Wildman–Crippen MR) is 71.0 cm³/mol. The number of amides is 1. The number of carboxylic acid groups (broad SMARTS) is 1. The lowest BCUT2D eigenvalue weighted by Gasteiger charge is -2.23. The van der Waals surface area contributed by atoms with E-state index in [1.54, 1.807) is 13.0 Å². The summed E-state index contributed by atoms with van der Waals surface area (Å²) in [6, 6.07) is 5.84. The first-order chi connectivity index (χ1) is 9.45. The molecule has 1 aromatic carbocycles. The number of rotatable bonds is 7. The summed E-state index contributed by atoms with van der Waals surface area (Å²) in [6.45, 7) is 1.83. The first kappa shape index (κ1) is 15.9. The third-order valence-corrected chi connectivity index (χ3v) is 2.79. The Kier molecular flexibility index (Phi) is 5.96. The number of nitrogens with zero attached hydrogens (tertiary/aromatic N) is 1. The van der Waals surface area contributed by atoms with Gasteiger partial charge in [0.05, 0.1) is 6.42 Å². The molecule has 1 unspecified atom stereocenters. The normalized spacial score (nSPS) is 11.8. The van der Waals surface area contributed by atoms with Gasteiger partial charge in [-0.15, -0.1) is 0 Å². The summed E-state index contributed by atoms with van der Waals surface area (Å²) >= 11 is 0. The van der Waals surface area contributed by atoms with Crippen molar-refractivity contribution in [2.75, 3.05) is 13.6 Å². The van der Waals surface area contributed by atoms with Crippen LogP contribution < -0.4 is 4.74 Å². The number of ether oxygens (including phenoxy) is 1. The van der Waals surface area contributed by atoms with Crippen LogP contribution in [0.25, 0.3) is 0 Å². The number of carbonyl (C=O) groups is 2. The van der Waals surface area contributed by atoms with Gasteiger partial charge in [0.2, 0.25) is 0 Å². The smallest absolute Gasteiger partial charge is 0.305 e. The van der Waals surface area contributed by atoms with Gasteiger partial charge in [0.1, 0.15) is 0 Å². The molecule has 0 radical (unpaired) electrons. The highest BCUT2D eigenvalue weighted by molar-refractivity contribution is 5.81. The Morgan fingerprint density at radius 2 is 2.05 bits per heavy atom. The molecule has 1 rings (SSSR count). The van der Waals surface area contributed by atoms with E-state index >= 15 is 0 Å². The van der Waals surface area contributed by atoms with Gasteiger partial charge < -0.3 is 14.7 Å². The standard InChI is InChI=1S/C14H18FNO4/c1-3-11(14(19)16(2)9-8-13(17)18)20-12-7-5-4-6-10(12)15/h4-7,11H,3,8-9H2,1-2H3,(H,17,18). The van der Waals surface area contributed by atoms with Crippen LogP contribution in [0, 0.1) is 5.82 Å². The number of benzene rings is 1. The highest BCUT2D eigenvalue weighted by Gasteiger charge is 2.23. The molecule has 0 spiro atoms. The second-order valence-electron chi connectivity index (χ2n) is 4.35. The summed E-state index contributed by atoms with van der Waals surface area (Å²) in [5.74, 6) is -1.86. The second-order valence-corrected chi connectivity index (χ2v) is 4.35. The van der Waals surface area contributed by atoms with Gasteiger partial charge in [0.25, 0.3) is 5.91 Å². The summed E-state index contributed by atoms with van der Waals surface area (Å²) in [5, 5.41) is 8.59. The summed E-state index contributed by atoms with van der Waals surface area (Å²) in [6.07, 6.45) is -0.603. The number of carboxylic acids is 1. The fourth-order valence-electron chi connectivity index (χ4n) is 1.62. The lowest BCUT2D eigenvalue weighted by atomic mass is 10.2. The maximum atomic E-state index is 13.5. The fraction of sp³-hybridized carbons (Fsp3) is 0.429. The van der Waals surface area contributed by atoms with Crippen LogP contribution in [0.1, 0.15) is 19.8 Å². The summed E-state index contributed by atoms with van der Waals surface area (Å²) in [7, 11) is 1.50. The number of para-hydroxylation sites is 1. The van der Waals surface area contributed by atoms with Crippen LogP contribution in [-0.4, -0.2) is 41.6 Å². The van der Waals surface area contributed by atoms with Crippen molar-refractivity contribution < 1.29 is 23.8 Å². The van der Waals surface area contributed by atoms with Gasteiger partial charge in [-0.25, -0.2) is 4.39 Å². The van der Waals surface area contributed by atoms with Gasteiger partial charge >= 0.3 is 5.97 Å². The average Bonchev–Trinajstić information content (AvgIpc) is 2.43. The van der Waals surface area contributed by atoms with Crippen molar-refractivity contribution in [2.45, 2.75) is 25.9 Å². The van der Waals surface area contributed by atoms with E-state index in [0.717, 1.165) is 0 Å². The molecule has 1 amide bonds. The summed E-state index contributed by atoms with van der Waals surface area (Å²) in [5.41, 5.74) is 0. The minimum absolute atomic E-state index is 0.0133. The zero-order chi connectivity index (χ0) is 15.1. The molecule has 110 valence electrons. The van der Waals surface area contributed by atoms with E-state index < -0.39 is 17.9 Å². The minimum Gasteiger partial charge on any atom is -0.481 e. The van der Waals surface area contributed by atoms with E-state index in [2.05, 4.69) is 0 Å². The maximum Gasteiger partial charge on any atom is 0.305 e. The fourth-order valence-corrected chi connectivity index (χ4v) is 1.62. The molecule has 0 aliphatic carbocycles. The summed E-state index contributed by atoms with van der Waals surface area (Å²) < 4.78 is 18.8. The summed E-state index contributed by atoms with van der Waals surface area (Å²) in [4.78, 5) is 23.9. The topological polar surface area (TPSA) is 66.8 Å². The molecule has 1 N–H and O–H groups in total. The van der Waals surface area contributed by atoms with Gasteiger partial charge in [0.15, 0.2) is 17.7 Å². The Morgan fingerprint density at radius 3 is 2.60 bits per heavy atom. The number of likely N-dealkylation sites (N-methyl/N-ethyl adjacent to an activating group) is 1. The molecular weight excluding hydrogens is 265 g/mol. The lowest BCUT2D eigenvalue weighted by Crippen LogP contribution is -2.40. The Labute approximate surface area is 117 Å². The molecule has 0 saturated heterocycles. The molecule has 5 nitrogen and oxygen atoms in total. The second kappa shape index (κ2) is 7.47. The van der Waals surface area contributed by atoms with Crippen molar-refractivity contribution in [3.8, 4) is 5.75 Å². The average molecular weight is 283 g/mol. The van der Waals surface area contributed by atoms with Crippen LogP contribution in [0.15, 0.2) is 24.3 Å². The molecule has 0 bridgehead atoms. The first-order valence-corrected chi connectivity index (χ1v) is 6.33. The van der Waals surface area contributed by atoms with Gasteiger partial charge in [-0.05, 0) is 18.6 Å². The quantitative estimate of drug-likeness (QED) is 0.830. The number of aliphatic carboxylic acids is 1. The van der Waals surface area contributed by atoms with E-state index in [1.807, 2.05) is 0 Å². The van der Waals surface area contributed by atoms with Crippen molar-refractivity contribution >= 4 is 11.9 Å². The third-order valence-electron chi connectivity index (χ3n) is 2.79. The van der Waals surface area contributed by atoms with Crippen LogP contribution >= 0.6 is 0 Å². The van der Waals surface area contributed by atoms with Crippen molar-refractivity contribution in [1.29, 1.82) is 0 Å². The van der Waals surface area contributed by atoms with Crippen LogP contribution in [0.5, 0.6) is 5.75 Å². The van der Waals surface area contributed by atoms with E-state index in [4.69, 9.17) is 9.84 Å². The number of halogens is 1. The van der Waals surface area contributed by atoms with Gasteiger partial charge in [0, 0.05) is 13.6 Å². The monoisotopic (exact) mass is 283 g/mol. The highest BCUT2D eigenvalue weighted by atomic mass is 19.1. The van der Waals surface area contributed by atoms with Gasteiger partial charge in [-0.2, -0.15) is 0 Å². The molecule has 6 heteroatoms. The van der Waals surface area contributed by atoms with Crippen LogP contribution in [0.3, 0.4) is 0 Å². The molecule has 20 heavy (non-hydrogen) atoms. The molecule has 0 aliphatic heterocycles. The Bertz CT molecular complexity index is 478. The van der Waals surface area contributed by atoms with Crippen molar-refractivity contribution in [2.24, 2.45) is 0 Å². The third kappa shape index (κ3) is 4.53. The highest BCUT2D eigenvalue weighted by Crippen LogP contribution is 2.18. The number of carbonyl (C=O) groups excluding carboxylic acids is 1. The zero-order valence-corrected chi connectivity index (χ0v) is 11.5. The van der Waals surface area contributed by atoms with E-state index in [-0.39, 0.29) is 24.6 Å². The molecular formula is C14H18FNO4. The largest absolute Gasteiger partial charge is 0.481 e.